The molecular weight excluding hydrogens is 356 g/mol. The average molecular weight is 382 g/mol. The van der Waals surface area contributed by atoms with Gasteiger partial charge in [-0.15, -0.1) is 0 Å². The molecule has 1 aliphatic rings. The van der Waals surface area contributed by atoms with Gasteiger partial charge in [0.25, 0.3) is 5.56 Å². The zero-order valence-corrected chi connectivity index (χ0v) is 16.1. The number of rotatable bonds is 6. The summed E-state index contributed by atoms with van der Waals surface area (Å²) in [7, 11) is 0. The van der Waals surface area contributed by atoms with Crippen molar-refractivity contribution in [2.45, 2.75) is 26.6 Å². The summed E-state index contributed by atoms with van der Waals surface area (Å²) < 4.78 is 1.09. The minimum Gasteiger partial charge on any atom is -0.494 e. The van der Waals surface area contributed by atoms with Gasteiger partial charge in [-0.1, -0.05) is 30.3 Å². The van der Waals surface area contributed by atoms with Crippen LogP contribution in [0.1, 0.15) is 22.3 Å². The van der Waals surface area contributed by atoms with Crippen LogP contribution in [-0.2, 0) is 19.6 Å². The third kappa shape index (κ3) is 4.25. The Labute approximate surface area is 164 Å². The Morgan fingerprint density at radius 1 is 1.07 bits per heavy atom. The van der Waals surface area contributed by atoms with E-state index in [4.69, 9.17) is 0 Å². The zero-order valence-electron chi connectivity index (χ0n) is 16.1. The Hall–Kier alpha value is -2.66. The van der Waals surface area contributed by atoms with Crippen LogP contribution in [0, 0.1) is 18.3 Å². The van der Waals surface area contributed by atoms with E-state index in [2.05, 4.69) is 21.9 Å². The smallest absolute Gasteiger partial charge is 0.271 e. The van der Waals surface area contributed by atoms with Gasteiger partial charge in [0.2, 0.25) is 0 Å². The first-order chi connectivity index (χ1) is 13.5. The first-order valence-corrected chi connectivity index (χ1v) is 9.50. The van der Waals surface area contributed by atoms with Crippen molar-refractivity contribution in [1.82, 2.24) is 14.4 Å². The molecule has 1 aromatic carbocycles. The van der Waals surface area contributed by atoms with E-state index >= 15 is 0 Å². The van der Waals surface area contributed by atoms with E-state index in [9.17, 15) is 20.3 Å². The van der Waals surface area contributed by atoms with Gasteiger partial charge >= 0.3 is 0 Å². The van der Waals surface area contributed by atoms with Crippen molar-refractivity contribution in [1.29, 1.82) is 5.26 Å². The fraction of sp³-hybridized carbons (Fsp3) is 0.429. The lowest BCUT2D eigenvalue weighted by molar-refractivity contribution is 0.120. The molecule has 148 valence electrons. The molecule has 7 nitrogen and oxygen atoms in total. The second-order valence-electron chi connectivity index (χ2n) is 7.13. The number of nitriles is 1. The van der Waals surface area contributed by atoms with E-state index in [0.717, 1.165) is 37.3 Å². The van der Waals surface area contributed by atoms with Gasteiger partial charge in [-0.2, -0.15) is 5.26 Å². The predicted molar refractivity (Wildman–Crippen MR) is 106 cm³/mol. The maximum absolute atomic E-state index is 12.3. The highest BCUT2D eigenvalue weighted by Gasteiger charge is 2.23. The third-order valence-corrected chi connectivity index (χ3v) is 5.34. The molecule has 0 aliphatic carbocycles. The fourth-order valence-electron chi connectivity index (χ4n) is 3.67. The largest absolute Gasteiger partial charge is 0.494 e. The van der Waals surface area contributed by atoms with Crippen LogP contribution >= 0.6 is 0 Å². The molecule has 2 aromatic rings. The quantitative estimate of drug-likeness (QED) is 0.776. The molecule has 1 fully saturated rings. The first-order valence-electron chi connectivity index (χ1n) is 9.50. The van der Waals surface area contributed by atoms with Gasteiger partial charge in [0.05, 0.1) is 13.2 Å². The maximum atomic E-state index is 12.3. The van der Waals surface area contributed by atoms with Crippen molar-refractivity contribution in [2.24, 2.45) is 0 Å². The minimum absolute atomic E-state index is 0.0303. The molecule has 1 aromatic heterocycles. The van der Waals surface area contributed by atoms with Gasteiger partial charge in [0.1, 0.15) is 11.6 Å². The summed E-state index contributed by atoms with van der Waals surface area (Å²) in [5, 5.41) is 29.1. The molecule has 2 heterocycles. The van der Waals surface area contributed by atoms with Crippen molar-refractivity contribution in [2.75, 3.05) is 32.8 Å². The molecule has 1 saturated heterocycles. The lowest BCUT2D eigenvalue weighted by atomic mass is 10.0. The van der Waals surface area contributed by atoms with Gasteiger partial charge in [-0.3, -0.25) is 19.2 Å². The SMILES string of the molecule is Cc1c(CN2CCN(Cc3ccccc3)CC2)c(O)n(CCO)c(=O)c1C#N. The van der Waals surface area contributed by atoms with E-state index in [1.165, 1.54) is 5.56 Å². The number of aliphatic hydroxyl groups is 1. The van der Waals surface area contributed by atoms with Crippen LogP contribution in [0.4, 0.5) is 0 Å². The van der Waals surface area contributed by atoms with Gasteiger partial charge in [0.15, 0.2) is 5.88 Å². The monoisotopic (exact) mass is 382 g/mol. The number of aromatic hydroxyl groups is 1. The van der Waals surface area contributed by atoms with Gasteiger partial charge in [-0.25, -0.2) is 0 Å². The molecule has 7 heteroatoms. The second-order valence-corrected chi connectivity index (χ2v) is 7.13. The van der Waals surface area contributed by atoms with Crippen LogP contribution in [0.25, 0.3) is 0 Å². The minimum atomic E-state index is -0.553. The predicted octanol–water partition coefficient (Wildman–Crippen LogP) is 1.04. The number of nitrogens with zero attached hydrogens (tertiary/aromatic N) is 4. The summed E-state index contributed by atoms with van der Waals surface area (Å²) in [6, 6.07) is 12.3. The summed E-state index contributed by atoms with van der Waals surface area (Å²) in [4.78, 5) is 17.0. The van der Waals surface area contributed by atoms with Crippen molar-refractivity contribution in [3.8, 4) is 11.9 Å². The average Bonchev–Trinajstić information content (AvgIpc) is 2.71. The molecule has 0 spiro atoms. The third-order valence-electron chi connectivity index (χ3n) is 5.34. The van der Waals surface area contributed by atoms with Crippen LogP contribution in [-0.4, -0.2) is 57.4 Å². The van der Waals surface area contributed by atoms with Gasteiger partial charge in [-0.05, 0) is 18.1 Å². The number of hydrogen-bond acceptors (Lipinski definition) is 6. The zero-order chi connectivity index (χ0) is 20.1. The number of aromatic nitrogens is 1. The summed E-state index contributed by atoms with van der Waals surface area (Å²) in [6.45, 7) is 6.28. The van der Waals surface area contributed by atoms with Crippen LogP contribution in [0.5, 0.6) is 5.88 Å². The Morgan fingerprint density at radius 2 is 1.68 bits per heavy atom. The molecule has 0 radical (unpaired) electrons. The van der Waals surface area contributed by atoms with Crippen molar-refractivity contribution in [3.63, 3.8) is 0 Å². The Balaban J connectivity index is 1.72. The van der Waals surface area contributed by atoms with E-state index < -0.39 is 5.56 Å². The molecule has 2 N–H and O–H groups in total. The highest BCUT2D eigenvalue weighted by Crippen LogP contribution is 2.24. The fourth-order valence-corrected chi connectivity index (χ4v) is 3.67. The van der Waals surface area contributed by atoms with Crippen LogP contribution < -0.4 is 5.56 Å². The van der Waals surface area contributed by atoms with Gasteiger partial charge < -0.3 is 10.2 Å². The number of pyridine rings is 1. The molecule has 0 amide bonds. The number of piperazine rings is 1. The summed E-state index contributed by atoms with van der Waals surface area (Å²) in [6.07, 6.45) is 0. The van der Waals surface area contributed by atoms with Gasteiger partial charge in [0, 0.05) is 44.8 Å². The lowest BCUT2D eigenvalue weighted by Gasteiger charge is -2.35. The van der Waals surface area contributed by atoms with Crippen LogP contribution in [0.2, 0.25) is 0 Å². The normalized spacial score (nSPS) is 15.5. The summed E-state index contributed by atoms with van der Waals surface area (Å²) >= 11 is 0. The molecule has 0 unspecified atom stereocenters. The summed E-state index contributed by atoms with van der Waals surface area (Å²) in [5.41, 5.74) is 1.87. The van der Waals surface area contributed by atoms with E-state index in [1.54, 1.807) is 6.92 Å². The standard InChI is InChI=1S/C21H26N4O3/c1-16-18(13-22)20(27)25(11-12-26)21(28)19(16)15-24-9-7-23(8-10-24)14-17-5-3-2-4-6-17/h2-6,26,28H,7-12,14-15H2,1H3. The molecule has 28 heavy (non-hydrogen) atoms. The van der Waals surface area contributed by atoms with E-state index in [0.29, 0.717) is 17.7 Å². The first kappa shape index (κ1) is 20.1. The number of aliphatic hydroxyl groups excluding tert-OH is 1. The Bertz CT molecular complexity index is 910. The topological polar surface area (TPSA) is 92.7 Å². The Kier molecular flexibility index (Phi) is 6.47. The Morgan fingerprint density at radius 3 is 2.25 bits per heavy atom. The van der Waals surface area contributed by atoms with Crippen molar-refractivity contribution < 1.29 is 10.2 Å². The maximum Gasteiger partial charge on any atom is 0.271 e. The molecule has 0 bridgehead atoms. The number of hydrogen-bond donors (Lipinski definition) is 2. The molecule has 3 rings (SSSR count). The van der Waals surface area contributed by atoms with Crippen LogP contribution in [0.3, 0.4) is 0 Å². The second kappa shape index (κ2) is 9.02. The van der Waals surface area contributed by atoms with Crippen molar-refractivity contribution >= 4 is 0 Å². The van der Waals surface area contributed by atoms with Crippen LogP contribution in [0.15, 0.2) is 35.1 Å². The molecule has 0 saturated carbocycles. The lowest BCUT2D eigenvalue weighted by Crippen LogP contribution is -2.45. The molecular formula is C21H26N4O3. The highest BCUT2D eigenvalue weighted by molar-refractivity contribution is 5.45. The van der Waals surface area contributed by atoms with E-state index in [-0.39, 0.29) is 24.6 Å². The summed E-state index contributed by atoms with van der Waals surface area (Å²) in [5.74, 6) is -0.151. The van der Waals surface area contributed by atoms with E-state index in [1.807, 2.05) is 24.3 Å². The molecule has 1 aliphatic heterocycles. The molecule has 0 atom stereocenters. The van der Waals surface area contributed by atoms with Crippen molar-refractivity contribution in [3.05, 3.63) is 62.9 Å². The highest BCUT2D eigenvalue weighted by atomic mass is 16.3. The number of benzene rings is 1.